The van der Waals surface area contributed by atoms with Crippen molar-refractivity contribution in [3.8, 4) is 0 Å². The van der Waals surface area contributed by atoms with Crippen LogP contribution in [0.3, 0.4) is 0 Å². The third-order valence-corrected chi connectivity index (χ3v) is 2.69. The van der Waals surface area contributed by atoms with Gasteiger partial charge in [0.25, 0.3) is 5.91 Å². The number of pyridine rings is 1. The Kier molecular flexibility index (Phi) is 6.67. The molecule has 18 heavy (non-hydrogen) atoms. The van der Waals surface area contributed by atoms with Crippen LogP contribution < -0.4 is 10.6 Å². The van der Waals surface area contributed by atoms with Gasteiger partial charge >= 0.3 is 0 Å². The number of nitrogens with one attached hydrogen (secondary N) is 2. The van der Waals surface area contributed by atoms with Crippen LogP contribution in [0.5, 0.6) is 0 Å². The maximum atomic E-state index is 12.0. The molecule has 1 aromatic rings. The minimum atomic E-state index is -0.129. The minimum Gasteiger partial charge on any atom is -0.385 e. The molecule has 0 atom stereocenters. The lowest BCUT2D eigenvalue weighted by Gasteiger charge is -2.10. The minimum absolute atomic E-state index is 0.129. The molecule has 0 saturated heterocycles. The first-order valence-electron chi connectivity index (χ1n) is 5.85. The maximum Gasteiger partial charge on any atom is 0.255 e. The smallest absolute Gasteiger partial charge is 0.255 e. The largest absolute Gasteiger partial charge is 0.385 e. The molecule has 0 aromatic carbocycles. The van der Waals surface area contributed by atoms with Crippen LogP contribution >= 0.6 is 15.9 Å². The molecule has 0 spiro atoms. The number of nitrogens with zero attached hydrogens (tertiary/aromatic N) is 1. The lowest BCUT2D eigenvalue weighted by atomic mass is 10.2. The van der Waals surface area contributed by atoms with Gasteiger partial charge in [-0.2, -0.15) is 0 Å². The first-order valence-corrected chi connectivity index (χ1v) is 6.65. The molecule has 0 unspecified atom stereocenters. The molecule has 0 aliphatic rings. The number of amides is 1. The predicted octanol–water partition coefficient (Wildman–Crippen LogP) is 2.04. The average molecular weight is 316 g/mol. The van der Waals surface area contributed by atoms with Crippen molar-refractivity contribution in [2.75, 3.05) is 32.1 Å². The molecule has 1 rings (SSSR count). The highest BCUT2D eigenvalue weighted by atomic mass is 79.9. The van der Waals surface area contributed by atoms with Gasteiger partial charge in [0.2, 0.25) is 0 Å². The number of anilines is 1. The zero-order chi connectivity index (χ0) is 13.4. The van der Waals surface area contributed by atoms with E-state index >= 15 is 0 Å². The first-order chi connectivity index (χ1) is 8.69. The molecule has 0 aliphatic heterocycles. The van der Waals surface area contributed by atoms with Gasteiger partial charge in [0.1, 0.15) is 5.82 Å². The summed E-state index contributed by atoms with van der Waals surface area (Å²) in [7, 11) is 1.64. The summed E-state index contributed by atoms with van der Waals surface area (Å²) in [5.74, 6) is 0.473. The van der Waals surface area contributed by atoms with E-state index in [0.717, 1.165) is 17.4 Å². The van der Waals surface area contributed by atoms with Gasteiger partial charge in [0.05, 0.1) is 5.56 Å². The Morgan fingerprint density at radius 2 is 2.33 bits per heavy atom. The second-order valence-electron chi connectivity index (χ2n) is 3.68. The van der Waals surface area contributed by atoms with Crippen LogP contribution in [0.2, 0.25) is 0 Å². The second-order valence-corrected chi connectivity index (χ2v) is 4.60. The maximum absolute atomic E-state index is 12.0. The van der Waals surface area contributed by atoms with E-state index in [1.165, 1.54) is 0 Å². The number of hydrogen-bond acceptors (Lipinski definition) is 4. The number of hydrogen-bond donors (Lipinski definition) is 2. The zero-order valence-electron chi connectivity index (χ0n) is 10.6. The van der Waals surface area contributed by atoms with Crippen LogP contribution in [0.15, 0.2) is 16.7 Å². The van der Waals surface area contributed by atoms with Crippen LogP contribution in [-0.4, -0.2) is 37.7 Å². The van der Waals surface area contributed by atoms with Crippen molar-refractivity contribution in [3.63, 3.8) is 0 Å². The Morgan fingerprint density at radius 1 is 1.56 bits per heavy atom. The van der Waals surface area contributed by atoms with Gasteiger partial charge in [0.15, 0.2) is 0 Å². The number of methoxy groups -OCH3 is 1. The number of ether oxygens (including phenoxy) is 1. The van der Waals surface area contributed by atoms with E-state index in [2.05, 4.69) is 31.5 Å². The topological polar surface area (TPSA) is 63.2 Å². The molecule has 5 nitrogen and oxygen atoms in total. The number of rotatable bonds is 7. The van der Waals surface area contributed by atoms with Crippen molar-refractivity contribution in [2.24, 2.45) is 0 Å². The highest BCUT2D eigenvalue weighted by Gasteiger charge is 2.12. The molecular weight excluding hydrogens is 298 g/mol. The van der Waals surface area contributed by atoms with E-state index in [0.29, 0.717) is 24.5 Å². The summed E-state index contributed by atoms with van der Waals surface area (Å²) >= 11 is 3.32. The van der Waals surface area contributed by atoms with Crippen molar-refractivity contribution in [3.05, 3.63) is 22.3 Å². The summed E-state index contributed by atoms with van der Waals surface area (Å²) in [6.07, 6.45) is 2.46. The first kappa shape index (κ1) is 14.9. The lowest BCUT2D eigenvalue weighted by molar-refractivity contribution is 0.0949. The van der Waals surface area contributed by atoms with E-state index < -0.39 is 0 Å². The molecule has 100 valence electrons. The highest BCUT2D eigenvalue weighted by Crippen LogP contribution is 2.17. The summed E-state index contributed by atoms with van der Waals surface area (Å²) in [5.41, 5.74) is 0.545. The molecule has 0 radical (unpaired) electrons. The zero-order valence-corrected chi connectivity index (χ0v) is 12.2. The summed E-state index contributed by atoms with van der Waals surface area (Å²) in [6.45, 7) is 3.91. The Hall–Kier alpha value is -1.14. The van der Waals surface area contributed by atoms with Crippen LogP contribution in [0, 0.1) is 0 Å². The van der Waals surface area contributed by atoms with E-state index in [-0.39, 0.29) is 5.91 Å². The van der Waals surface area contributed by atoms with Crippen molar-refractivity contribution >= 4 is 27.7 Å². The van der Waals surface area contributed by atoms with Gasteiger partial charge in [0, 0.05) is 37.5 Å². The highest BCUT2D eigenvalue weighted by molar-refractivity contribution is 9.10. The summed E-state index contributed by atoms with van der Waals surface area (Å²) in [6, 6.07) is 1.76. The van der Waals surface area contributed by atoms with Crippen LogP contribution in [0.4, 0.5) is 5.82 Å². The van der Waals surface area contributed by atoms with Crippen molar-refractivity contribution in [1.29, 1.82) is 0 Å². The van der Waals surface area contributed by atoms with E-state index in [4.69, 9.17) is 4.74 Å². The molecule has 6 heteroatoms. The fourth-order valence-corrected chi connectivity index (χ4v) is 1.77. The van der Waals surface area contributed by atoms with Gasteiger partial charge in [-0.3, -0.25) is 4.79 Å². The van der Waals surface area contributed by atoms with Crippen LogP contribution in [0.25, 0.3) is 0 Å². The third kappa shape index (κ3) is 4.62. The Morgan fingerprint density at radius 3 is 3.00 bits per heavy atom. The standard InChI is InChI=1S/C12H18BrN3O2/c1-3-14-11-10(7-9(13)8-16-11)12(17)15-5-4-6-18-2/h7-8H,3-6H2,1-2H3,(H,14,16)(H,15,17). The fourth-order valence-electron chi connectivity index (χ4n) is 1.43. The fraction of sp³-hybridized carbons (Fsp3) is 0.500. The number of carbonyl (C=O) groups is 1. The summed E-state index contributed by atoms with van der Waals surface area (Å²) < 4.78 is 5.71. The number of carbonyl (C=O) groups excluding carboxylic acids is 1. The van der Waals surface area contributed by atoms with Gasteiger partial charge in [-0.15, -0.1) is 0 Å². The molecular formula is C12H18BrN3O2. The normalized spacial score (nSPS) is 10.2. The molecule has 0 fully saturated rings. The Bertz CT molecular complexity index is 399. The van der Waals surface area contributed by atoms with Crippen LogP contribution in [0.1, 0.15) is 23.7 Å². The van der Waals surface area contributed by atoms with Crippen molar-refractivity contribution < 1.29 is 9.53 Å². The Balaban J connectivity index is 2.67. The van der Waals surface area contributed by atoms with Gasteiger partial charge in [-0.25, -0.2) is 4.98 Å². The predicted molar refractivity (Wildman–Crippen MR) is 74.9 cm³/mol. The number of aromatic nitrogens is 1. The molecule has 0 bridgehead atoms. The van der Waals surface area contributed by atoms with E-state index in [9.17, 15) is 4.79 Å². The molecule has 0 aliphatic carbocycles. The number of halogens is 1. The summed E-state index contributed by atoms with van der Waals surface area (Å²) in [5, 5.41) is 5.91. The van der Waals surface area contributed by atoms with E-state index in [1.807, 2.05) is 6.92 Å². The van der Waals surface area contributed by atoms with Gasteiger partial charge in [-0.05, 0) is 35.3 Å². The second kappa shape index (κ2) is 8.05. The van der Waals surface area contributed by atoms with Gasteiger partial charge in [-0.1, -0.05) is 0 Å². The molecule has 1 aromatic heterocycles. The average Bonchev–Trinajstić information content (AvgIpc) is 2.37. The molecule has 2 N–H and O–H groups in total. The third-order valence-electron chi connectivity index (χ3n) is 2.25. The molecule has 1 heterocycles. The van der Waals surface area contributed by atoms with Gasteiger partial charge < -0.3 is 15.4 Å². The van der Waals surface area contributed by atoms with E-state index in [1.54, 1.807) is 19.4 Å². The Labute approximate surface area is 115 Å². The lowest BCUT2D eigenvalue weighted by Crippen LogP contribution is -2.26. The quantitative estimate of drug-likeness (QED) is 0.756. The summed E-state index contributed by atoms with van der Waals surface area (Å²) in [4.78, 5) is 16.2. The monoisotopic (exact) mass is 315 g/mol. The molecule has 0 saturated carbocycles. The molecule has 1 amide bonds. The van der Waals surface area contributed by atoms with Crippen molar-refractivity contribution in [1.82, 2.24) is 10.3 Å². The SMILES string of the molecule is CCNc1ncc(Br)cc1C(=O)NCCCOC. The van der Waals surface area contributed by atoms with Crippen molar-refractivity contribution in [2.45, 2.75) is 13.3 Å². The van der Waals surface area contributed by atoms with Crippen LogP contribution in [-0.2, 0) is 4.74 Å².